The van der Waals surface area contributed by atoms with Gasteiger partial charge in [0.2, 0.25) is 17.4 Å². The molecule has 1 aromatic carbocycles. The monoisotopic (exact) mass is 472 g/mol. The SMILES string of the molecule is C[C@@H]1CN2c3c(cc4c(N5CCOCC5)noc4c3F)CC3(C(=O)CC(=O)NC3=O)[C@H]2[C@H](C)O1. The van der Waals surface area contributed by atoms with Gasteiger partial charge in [0, 0.05) is 19.6 Å². The summed E-state index contributed by atoms with van der Waals surface area (Å²) in [6, 6.07) is 1.01. The van der Waals surface area contributed by atoms with Gasteiger partial charge in [0.1, 0.15) is 5.41 Å². The normalized spacial score (nSPS) is 31.6. The quantitative estimate of drug-likeness (QED) is 0.478. The number of amides is 2. The second-order valence-corrected chi connectivity index (χ2v) is 9.55. The van der Waals surface area contributed by atoms with E-state index in [1.807, 2.05) is 11.8 Å². The Hall–Kier alpha value is -3.05. The number of ketones is 1. The summed E-state index contributed by atoms with van der Waals surface area (Å²) in [5, 5.41) is 6.99. The van der Waals surface area contributed by atoms with Gasteiger partial charge in [-0.3, -0.25) is 19.7 Å². The molecule has 6 rings (SSSR count). The minimum atomic E-state index is -1.56. The summed E-state index contributed by atoms with van der Waals surface area (Å²) >= 11 is 0. The Morgan fingerprint density at radius 2 is 1.97 bits per heavy atom. The third-order valence-electron chi connectivity index (χ3n) is 7.47. The number of piperidine rings is 1. The molecule has 1 aromatic heterocycles. The first-order chi connectivity index (χ1) is 16.3. The molecule has 4 aliphatic heterocycles. The van der Waals surface area contributed by atoms with Crippen LogP contribution in [0.3, 0.4) is 0 Å². The molecule has 0 radical (unpaired) electrons. The van der Waals surface area contributed by atoms with Crippen molar-refractivity contribution in [1.29, 1.82) is 0 Å². The highest BCUT2D eigenvalue weighted by Crippen LogP contribution is 2.50. The van der Waals surface area contributed by atoms with Gasteiger partial charge in [-0.1, -0.05) is 5.16 Å². The molecule has 34 heavy (non-hydrogen) atoms. The summed E-state index contributed by atoms with van der Waals surface area (Å²) in [4.78, 5) is 42.4. The fourth-order valence-corrected chi connectivity index (χ4v) is 6.14. The topological polar surface area (TPSA) is 114 Å². The average Bonchev–Trinajstić information content (AvgIpc) is 3.21. The van der Waals surface area contributed by atoms with Crippen molar-refractivity contribution >= 4 is 40.1 Å². The summed E-state index contributed by atoms with van der Waals surface area (Å²) in [7, 11) is 0. The number of imide groups is 1. The number of benzene rings is 1. The number of hydrogen-bond acceptors (Lipinski definition) is 9. The van der Waals surface area contributed by atoms with Crippen LogP contribution in [0, 0.1) is 11.2 Å². The van der Waals surface area contributed by atoms with E-state index in [-0.39, 0.29) is 24.7 Å². The Labute approximate surface area is 194 Å². The molecule has 0 aliphatic carbocycles. The van der Waals surface area contributed by atoms with Crippen LogP contribution < -0.4 is 15.1 Å². The van der Waals surface area contributed by atoms with E-state index < -0.39 is 47.4 Å². The molecule has 2 aromatic rings. The molecule has 3 fully saturated rings. The second-order valence-electron chi connectivity index (χ2n) is 9.55. The fourth-order valence-electron chi connectivity index (χ4n) is 6.14. The first-order valence-corrected chi connectivity index (χ1v) is 11.5. The third kappa shape index (κ3) is 2.86. The van der Waals surface area contributed by atoms with Crippen molar-refractivity contribution in [3.63, 3.8) is 0 Å². The van der Waals surface area contributed by atoms with E-state index in [2.05, 4.69) is 10.5 Å². The van der Waals surface area contributed by atoms with E-state index in [0.717, 1.165) is 0 Å². The average molecular weight is 472 g/mol. The van der Waals surface area contributed by atoms with Crippen LogP contribution in [0.4, 0.5) is 15.9 Å². The molecule has 3 saturated heterocycles. The zero-order valence-electron chi connectivity index (χ0n) is 18.9. The molecule has 180 valence electrons. The van der Waals surface area contributed by atoms with E-state index in [1.54, 1.807) is 17.9 Å². The van der Waals surface area contributed by atoms with E-state index in [9.17, 15) is 14.4 Å². The number of Topliss-reactive ketones (excluding diaryl/α,β-unsaturated/α-hetero) is 1. The first-order valence-electron chi connectivity index (χ1n) is 11.5. The molecule has 1 spiro atoms. The molecule has 1 unspecified atom stereocenters. The van der Waals surface area contributed by atoms with Gasteiger partial charge in [-0.2, -0.15) is 0 Å². The van der Waals surface area contributed by atoms with Gasteiger partial charge in [-0.25, -0.2) is 4.39 Å². The highest BCUT2D eigenvalue weighted by molar-refractivity contribution is 6.22. The fraction of sp³-hybridized carbons (Fsp3) is 0.565. The van der Waals surface area contributed by atoms with Crippen molar-refractivity contribution in [2.75, 3.05) is 42.6 Å². The molecular formula is C23H25FN4O6. The zero-order valence-corrected chi connectivity index (χ0v) is 18.9. The number of rotatable bonds is 1. The summed E-state index contributed by atoms with van der Waals surface area (Å²) < 4.78 is 32.9. The van der Waals surface area contributed by atoms with Gasteiger partial charge < -0.3 is 23.8 Å². The molecule has 4 aliphatic rings. The zero-order chi connectivity index (χ0) is 23.8. The first kappa shape index (κ1) is 21.5. The third-order valence-corrected chi connectivity index (χ3v) is 7.47. The lowest BCUT2D eigenvalue weighted by atomic mass is 9.63. The molecule has 4 atom stereocenters. The van der Waals surface area contributed by atoms with Crippen molar-refractivity contribution in [3.8, 4) is 0 Å². The van der Waals surface area contributed by atoms with Gasteiger partial charge in [0.05, 0.1) is 49.0 Å². The van der Waals surface area contributed by atoms with Crippen LogP contribution in [0.15, 0.2) is 10.6 Å². The molecular weight excluding hydrogens is 447 g/mol. The minimum Gasteiger partial charge on any atom is -0.378 e. The number of aromatic nitrogens is 1. The summed E-state index contributed by atoms with van der Waals surface area (Å²) in [6.45, 7) is 6.16. The number of carbonyl (C=O) groups is 3. The Bertz CT molecular complexity index is 1200. The van der Waals surface area contributed by atoms with Crippen LogP contribution in [0.5, 0.6) is 0 Å². The number of fused-ring (bicyclic) bond motifs is 5. The van der Waals surface area contributed by atoms with Crippen molar-refractivity contribution < 1.29 is 32.8 Å². The predicted octanol–water partition coefficient (Wildman–Crippen LogP) is 0.944. The van der Waals surface area contributed by atoms with E-state index in [0.29, 0.717) is 48.8 Å². The van der Waals surface area contributed by atoms with Crippen molar-refractivity contribution in [1.82, 2.24) is 10.5 Å². The van der Waals surface area contributed by atoms with E-state index >= 15 is 4.39 Å². The van der Waals surface area contributed by atoms with Crippen LogP contribution in [0.25, 0.3) is 11.0 Å². The standard InChI is InChI=1S/C23H25FN4O6/c1-11-10-28-18-13(7-14-19(17(18)24)34-26-21(14)27-3-5-32-6-4-27)9-23(20(28)12(2)33-11)15(29)8-16(30)25-22(23)31/h7,11-12,20H,3-6,8-10H2,1-2H3,(H,25,30,31)/t11-,12+,20-,23?/m1/s1. The lowest BCUT2D eigenvalue weighted by molar-refractivity contribution is -0.158. The number of carbonyl (C=O) groups excluding carboxylic acids is 3. The Kier molecular flexibility index (Phi) is 4.72. The van der Waals surface area contributed by atoms with E-state index in [4.69, 9.17) is 14.0 Å². The number of halogens is 1. The number of nitrogens with one attached hydrogen (secondary N) is 1. The summed E-state index contributed by atoms with van der Waals surface area (Å²) in [5.74, 6) is -1.80. The maximum absolute atomic E-state index is 16.1. The van der Waals surface area contributed by atoms with Crippen LogP contribution in [-0.4, -0.2) is 73.9 Å². The smallest absolute Gasteiger partial charge is 0.242 e. The number of nitrogens with zero attached hydrogens (tertiary/aromatic N) is 3. The number of anilines is 2. The van der Waals surface area contributed by atoms with Crippen LogP contribution in [0.1, 0.15) is 25.8 Å². The molecule has 10 nitrogen and oxygen atoms in total. The second kappa shape index (κ2) is 7.47. The van der Waals surface area contributed by atoms with Gasteiger partial charge in [0.15, 0.2) is 17.4 Å². The summed E-state index contributed by atoms with van der Waals surface area (Å²) in [6.07, 6.45) is -1.24. The maximum Gasteiger partial charge on any atom is 0.242 e. The van der Waals surface area contributed by atoms with Crippen molar-refractivity contribution in [2.24, 2.45) is 5.41 Å². The number of hydrogen-bond donors (Lipinski definition) is 1. The Morgan fingerprint density at radius 3 is 2.71 bits per heavy atom. The molecule has 1 N–H and O–H groups in total. The Morgan fingerprint density at radius 1 is 1.21 bits per heavy atom. The van der Waals surface area contributed by atoms with E-state index in [1.165, 1.54) is 0 Å². The lowest BCUT2D eigenvalue weighted by Gasteiger charge is -2.55. The molecule has 0 bridgehead atoms. The maximum atomic E-state index is 16.1. The van der Waals surface area contributed by atoms with Gasteiger partial charge in [-0.15, -0.1) is 0 Å². The summed E-state index contributed by atoms with van der Waals surface area (Å²) in [5.41, 5.74) is -0.710. The number of morpholine rings is 2. The lowest BCUT2D eigenvalue weighted by Crippen LogP contribution is -2.72. The largest absolute Gasteiger partial charge is 0.378 e. The highest BCUT2D eigenvalue weighted by atomic mass is 19.1. The molecule has 2 amide bonds. The highest BCUT2D eigenvalue weighted by Gasteiger charge is 2.62. The van der Waals surface area contributed by atoms with Gasteiger partial charge in [0.25, 0.3) is 0 Å². The Balaban J connectivity index is 1.56. The van der Waals surface area contributed by atoms with Gasteiger partial charge >= 0.3 is 0 Å². The van der Waals surface area contributed by atoms with Gasteiger partial charge in [-0.05, 0) is 31.9 Å². The predicted molar refractivity (Wildman–Crippen MR) is 117 cm³/mol. The van der Waals surface area contributed by atoms with Crippen LogP contribution in [-0.2, 0) is 30.3 Å². The molecule has 11 heteroatoms. The molecule has 5 heterocycles. The number of ether oxygens (including phenoxy) is 2. The van der Waals surface area contributed by atoms with Crippen molar-refractivity contribution in [2.45, 2.75) is 44.9 Å². The molecule has 0 saturated carbocycles. The van der Waals surface area contributed by atoms with Crippen LogP contribution in [0.2, 0.25) is 0 Å². The van der Waals surface area contributed by atoms with Crippen LogP contribution >= 0.6 is 0 Å². The minimum absolute atomic E-state index is 0.0376. The van der Waals surface area contributed by atoms with Crippen molar-refractivity contribution in [3.05, 3.63) is 17.4 Å².